The molecular weight excluding hydrogens is 363 g/mol. The summed E-state index contributed by atoms with van der Waals surface area (Å²) in [4.78, 5) is 18.5. The number of halogens is 2. The first-order chi connectivity index (χ1) is 12.0. The first kappa shape index (κ1) is 17.6. The van der Waals surface area contributed by atoms with Gasteiger partial charge in [-0.3, -0.25) is 4.79 Å². The molecule has 4 nitrogen and oxygen atoms in total. The van der Waals surface area contributed by atoms with E-state index >= 15 is 0 Å². The number of nitrogens with zero attached hydrogens (tertiary/aromatic N) is 2. The number of aromatic nitrogens is 1. The fraction of sp³-hybridized carbons (Fsp3) is 0.222. The number of fused-ring (bicyclic) bond motifs is 1. The molecule has 0 saturated heterocycles. The van der Waals surface area contributed by atoms with Crippen LogP contribution in [0, 0.1) is 5.82 Å². The van der Waals surface area contributed by atoms with Gasteiger partial charge in [0.15, 0.2) is 6.61 Å². The van der Waals surface area contributed by atoms with Crippen LogP contribution < -0.4 is 4.74 Å². The number of likely N-dealkylation sites (N-methyl/N-ethyl adjacent to an activating group) is 1. The maximum absolute atomic E-state index is 13.1. The highest BCUT2D eigenvalue weighted by Gasteiger charge is 2.21. The molecule has 0 aliphatic rings. The third kappa shape index (κ3) is 3.91. The van der Waals surface area contributed by atoms with Crippen LogP contribution in [0.5, 0.6) is 5.75 Å². The molecule has 0 aliphatic heterocycles. The van der Waals surface area contributed by atoms with Crippen molar-refractivity contribution in [1.29, 1.82) is 0 Å². The summed E-state index contributed by atoms with van der Waals surface area (Å²) in [7, 11) is 1.71. The van der Waals surface area contributed by atoms with Crippen molar-refractivity contribution < 1.29 is 13.9 Å². The molecule has 0 saturated carbocycles. The molecule has 0 bridgehead atoms. The lowest BCUT2D eigenvalue weighted by atomic mass is 10.3. The van der Waals surface area contributed by atoms with Crippen LogP contribution in [0.25, 0.3) is 10.2 Å². The molecule has 0 aliphatic carbocycles. The van der Waals surface area contributed by atoms with Crippen molar-refractivity contribution in [2.45, 2.75) is 13.0 Å². The predicted molar refractivity (Wildman–Crippen MR) is 97.7 cm³/mol. The van der Waals surface area contributed by atoms with E-state index in [1.54, 1.807) is 23.3 Å². The zero-order chi connectivity index (χ0) is 18.0. The number of ether oxygens (including phenoxy) is 1. The van der Waals surface area contributed by atoms with Gasteiger partial charge in [0.2, 0.25) is 0 Å². The molecule has 2 aromatic carbocycles. The number of carbonyl (C=O) groups is 1. The van der Waals surface area contributed by atoms with Crippen molar-refractivity contribution in [1.82, 2.24) is 9.88 Å². The number of rotatable bonds is 5. The van der Waals surface area contributed by atoms with Gasteiger partial charge in [-0.15, -0.1) is 11.3 Å². The predicted octanol–water partition coefficient (Wildman–Crippen LogP) is 4.69. The van der Waals surface area contributed by atoms with E-state index in [4.69, 9.17) is 16.3 Å². The Morgan fingerprint density at radius 3 is 2.84 bits per heavy atom. The summed E-state index contributed by atoms with van der Waals surface area (Å²) in [5, 5.41) is 0.822. The number of para-hydroxylation sites is 1. The number of benzene rings is 2. The van der Waals surface area contributed by atoms with Crippen molar-refractivity contribution in [3.8, 4) is 5.75 Å². The lowest BCUT2D eigenvalue weighted by Crippen LogP contribution is -2.33. The van der Waals surface area contributed by atoms with Crippen molar-refractivity contribution >= 4 is 39.1 Å². The Hall–Kier alpha value is -2.18. The Morgan fingerprint density at radius 2 is 2.12 bits per heavy atom. The van der Waals surface area contributed by atoms with E-state index in [-0.39, 0.29) is 23.6 Å². The van der Waals surface area contributed by atoms with Gasteiger partial charge in [-0.25, -0.2) is 9.37 Å². The first-order valence-corrected chi connectivity index (χ1v) is 8.84. The molecule has 0 fully saturated rings. The molecule has 130 valence electrons. The lowest BCUT2D eigenvalue weighted by Gasteiger charge is -2.23. The zero-order valence-electron chi connectivity index (χ0n) is 13.7. The highest BCUT2D eigenvalue weighted by molar-refractivity contribution is 7.18. The van der Waals surface area contributed by atoms with E-state index in [2.05, 4.69) is 4.98 Å². The minimum absolute atomic E-state index is 0.0406. The molecule has 1 amide bonds. The molecule has 1 aromatic heterocycles. The average Bonchev–Trinajstić information content (AvgIpc) is 3.05. The summed E-state index contributed by atoms with van der Waals surface area (Å²) in [6.45, 7) is 1.76. The topological polar surface area (TPSA) is 42.4 Å². The Morgan fingerprint density at radius 1 is 1.36 bits per heavy atom. The molecule has 1 heterocycles. The van der Waals surface area contributed by atoms with Crippen LogP contribution >= 0.6 is 22.9 Å². The van der Waals surface area contributed by atoms with Gasteiger partial charge in [0.25, 0.3) is 5.91 Å². The third-order valence-electron chi connectivity index (χ3n) is 3.90. The summed E-state index contributed by atoms with van der Waals surface area (Å²) in [5.41, 5.74) is 0.924. The molecule has 25 heavy (non-hydrogen) atoms. The van der Waals surface area contributed by atoms with Crippen LogP contribution in [-0.2, 0) is 4.79 Å². The van der Waals surface area contributed by atoms with Crippen molar-refractivity contribution in [3.05, 3.63) is 58.3 Å². The monoisotopic (exact) mass is 378 g/mol. The van der Waals surface area contributed by atoms with Crippen molar-refractivity contribution in [3.63, 3.8) is 0 Å². The zero-order valence-corrected chi connectivity index (χ0v) is 15.3. The van der Waals surface area contributed by atoms with Crippen LogP contribution in [0.2, 0.25) is 5.02 Å². The molecule has 0 spiro atoms. The fourth-order valence-electron chi connectivity index (χ4n) is 2.26. The lowest BCUT2D eigenvalue weighted by molar-refractivity contribution is -0.134. The van der Waals surface area contributed by atoms with Gasteiger partial charge in [-0.1, -0.05) is 23.7 Å². The molecule has 1 unspecified atom stereocenters. The van der Waals surface area contributed by atoms with Gasteiger partial charge in [-0.05, 0) is 31.2 Å². The van der Waals surface area contributed by atoms with Crippen LogP contribution in [-0.4, -0.2) is 29.4 Å². The second kappa shape index (κ2) is 7.37. The van der Waals surface area contributed by atoms with E-state index in [0.717, 1.165) is 15.2 Å². The summed E-state index contributed by atoms with van der Waals surface area (Å²) >= 11 is 7.27. The highest BCUT2D eigenvalue weighted by Crippen LogP contribution is 2.29. The largest absolute Gasteiger partial charge is 0.484 e. The van der Waals surface area contributed by atoms with E-state index in [1.165, 1.54) is 18.2 Å². The molecular formula is C18H16ClFN2O2S. The van der Waals surface area contributed by atoms with Gasteiger partial charge < -0.3 is 9.64 Å². The van der Waals surface area contributed by atoms with Crippen LogP contribution in [0.3, 0.4) is 0 Å². The minimum atomic E-state index is -0.526. The maximum atomic E-state index is 13.1. The molecule has 3 rings (SSSR count). The highest BCUT2D eigenvalue weighted by atomic mass is 35.5. The van der Waals surface area contributed by atoms with Gasteiger partial charge in [-0.2, -0.15) is 0 Å². The molecule has 1 atom stereocenters. The number of hydrogen-bond acceptors (Lipinski definition) is 4. The van der Waals surface area contributed by atoms with E-state index in [9.17, 15) is 9.18 Å². The minimum Gasteiger partial charge on any atom is -0.484 e. The van der Waals surface area contributed by atoms with Gasteiger partial charge >= 0.3 is 0 Å². The molecule has 7 heteroatoms. The van der Waals surface area contributed by atoms with E-state index in [1.807, 2.05) is 31.2 Å². The summed E-state index contributed by atoms with van der Waals surface area (Å²) in [6, 6.07) is 11.7. The SMILES string of the molecule is CC(c1nc2ccccc2s1)N(C)C(=O)COc1ccc(F)c(Cl)c1. The number of hydrogen-bond donors (Lipinski definition) is 0. The first-order valence-electron chi connectivity index (χ1n) is 7.64. The second-order valence-electron chi connectivity index (χ2n) is 5.57. The Labute approximate surface area is 153 Å². The average molecular weight is 379 g/mol. The summed E-state index contributed by atoms with van der Waals surface area (Å²) in [5.74, 6) is -0.380. The number of thiazole rings is 1. The van der Waals surface area contributed by atoms with Crippen molar-refractivity contribution in [2.24, 2.45) is 0 Å². The molecule has 0 N–H and O–H groups in total. The van der Waals surface area contributed by atoms with E-state index in [0.29, 0.717) is 5.75 Å². The third-order valence-corrected chi connectivity index (χ3v) is 5.39. The quantitative estimate of drug-likeness (QED) is 0.647. The van der Waals surface area contributed by atoms with Crippen molar-refractivity contribution in [2.75, 3.05) is 13.7 Å². The Bertz CT molecular complexity index is 882. The van der Waals surface area contributed by atoms with Gasteiger partial charge in [0.1, 0.15) is 16.6 Å². The summed E-state index contributed by atoms with van der Waals surface area (Å²) in [6.07, 6.45) is 0. The van der Waals surface area contributed by atoms with Gasteiger partial charge in [0, 0.05) is 13.1 Å². The summed E-state index contributed by atoms with van der Waals surface area (Å²) < 4.78 is 19.6. The molecule has 0 radical (unpaired) electrons. The smallest absolute Gasteiger partial charge is 0.260 e. The van der Waals surface area contributed by atoms with Gasteiger partial charge in [0.05, 0.1) is 21.3 Å². The van der Waals surface area contributed by atoms with Crippen LogP contribution in [0.1, 0.15) is 18.0 Å². The normalized spacial score (nSPS) is 12.2. The fourth-order valence-corrected chi connectivity index (χ4v) is 3.50. The Kier molecular flexibility index (Phi) is 5.20. The maximum Gasteiger partial charge on any atom is 0.260 e. The Balaban J connectivity index is 1.65. The standard InChI is InChI=1S/C18H16ClFN2O2S/c1-11(18-21-15-5-3-4-6-16(15)25-18)22(2)17(23)10-24-12-7-8-14(20)13(19)9-12/h3-9,11H,10H2,1-2H3. The number of carbonyl (C=O) groups excluding carboxylic acids is 1. The van der Waals surface area contributed by atoms with Crippen LogP contribution in [0.4, 0.5) is 4.39 Å². The van der Waals surface area contributed by atoms with E-state index < -0.39 is 5.82 Å². The number of amides is 1. The molecule has 3 aromatic rings. The van der Waals surface area contributed by atoms with Crippen LogP contribution in [0.15, 0.2) is 42.5 Å². The second-order valence-corrected chi connectivity index (χ2v) is 7.03.